The number of carbonyl (C=O) groups is 1. The minimum atomic E-state index is -0.201. The topological polar surface area (TPSA) is 69.0 Å². The van der Waals surface area contributed by atoms with Crippen molar-refractivity contribution in [3.8, 4) is 17.2 Å². The minimum Gasteiger partial charge on any atom is -0.369 e. The van der Waals surface area contributed by atoms with Gasteiger partial charge in [-0.05, 0) is 62.9 Å². The van der Waals surface area contributed by atoms with Crippen molar-refractivity contribution in [3.05, 3.63) is 46.8 Å². The lowest BCUT2D eigenvalue weighted by atomic mass is 9.92. The van der Waals surface area contributed by atoms with Crippen LogP contribution in [0.15, 0.2) is 24.4 Å². The molecule has 134 valence electrons. The summed E-state index contributed by atoms with van der Waals surface area (Å²) < 4.78 is 0. The van der Waals surface area contributed by atoms with Gasteiger partial charge in [0.2, 0.25) is 0 Å². The van der Waals surface area contributed by atoms with Crippen molar-refractivity contribution in [3.63, 3.8) is 0 Å². The zero-order chi connectivity index (χ0) is 18.8. The monoisotopic (exact) mass is 348 g/mol. The summed E-state index contributed by atoms with van der Waals surface area (Å²) >= 11 is 0. The molecule has 2 aromatic rings. The third-order valence-electron chi connectivity index (χ3n) is 4.95. The molecule has 5 nitrogen and oxygen atoms in total. The molecule has 0 fully saturated rings. The second-order valence-electron chi connectivity index (χ2n) is 7.00. The maximum Gasteiger partial charge on any atom is 0.269 e. The van der Waals surface area contributed by atoms with Gasteiger partial charge in [-0.2, -0.15) is 5.26 Å². The largest absolute Gasteiger partial charge is 0.369 e. The maximum absolute atomic E-state index is 11.9. The number of nitriles is 1. The fourth-order valence-corrected chi connectivity index (χ4v) is 3.61. The Morgan fingerprint density at radius 3 is 2.73 bits per heavy atom. The number of aryl methyl sites for hydroxylation is 2. The Morgan fingerprint density at radius 2 is 2.12 bits per heavy atom. The van der Waals surface area contributed by atoms with Crippen LogP contribution >= 0.6 is 0 Å². The Hall–Kier alpha value is -2.87. The molecule has 0 saturated carbocycles. The van der Waals surface area contributed by atoms with Crippen LogP contribution in [0.1, 0.15) is 47.4 Å². The van der Waals surface area contributed by atoms with Crippen molar-refractivity contribution in [2.24, 2.45) is 0 Å². The number of hydrogen-bond acceptors (Lipinski definition) is 4. The molecule has 0 saturated heterocycles. The number of fused-ring (bicyclic) bond motifs is 1. The molecule has 5 heteroatoms. The van der Waals surface area contributed by atoms with Crippen LogP contribution in [0.2, 0.25) is 0 Å². The molecule has 1 aliphatic rings. The number of benzene rings is 1. The first-order chi connectivity index (χ1) is 12.5. The van der Waals surface area contributed by atoms with Crippen molar-refractivity contribution in [1.29, 1.82) is 5.26 Å². The summed E-state index contributed by atoms with van der Waals surface area (Å²) in [7, 11) is 1.59. The van der Waals surface area contributed by atoms with Gasteiger partial charge in [-0.25, -0.2) is 0 Å². The second-order valence-corrected chi connectivity index (χ2v) is 7.00. The van der Waals surface area contributed by atoms with E-state index in [0.717, 1.165) is 36.1 Å². The fourth-order valence-electron chi connectivity index (χ4n) is 3.61. The molecule has 1 N–H and O–H groups in total. The van der Waals surface area contributed by atoms with E-state index in [4.69, 9.17) is 0 Å². The first kappa shape index (κ1) is 17.9. The van der Waals surface area contributed by atoms with E-state index in [0.29, 0.717) is 17.3 Å². The van der Waals surface area contributed by atoms with Gasteiger partial charge in [-0.1, -0.05) is 0 Å². The third-order valence-corrected chi connectivity index (χ3v) is 4.95. The van der Waals surface area contributed by atoms with Crippen LogP contribution in [0.3, 0.4) is 0 Å². The van der Waals surface area contributed by atoms with Crippen molar-refractivity contribution in [2.45, 2.75) is 39.7 Å². The number of anilines is 1. The highest BCUT2D eigenvalue weighted by atomic mass is 16.1. The number of amides is 1. The number of rotatable bonds is 3. The van der Waals surface area contributed by atoms with Gasteiger partial charge in [0, 0.05) is 42.6 Å². The van der Waals surface area contributed by atoms with Crippen LogP contribution in [-0.4, -0.2) is 30.5 Å². The van der Waals surface area contributed by atoms with E-state index in [1.54, 1.807) is 13.2 Å². The van der Waals surface area contributed by atoms with Gasteiger partial charge in [-0.3, -0.25) is 9.78 Å². The number of nitrogens with zero attached hydrogens (tertiary/aromatic N) is 3. The molecule has 3 rings (SSSR count). The average molecular weight is 348 g/mol. The average Bonchev–Trinajstić information content (AvgIpc) is 2.65. The number of hydrogen-bond donors (Lipinski definition) is 1. The van der Waals surface area contributed by atoms with Gasteiger partial charge in [-0.15, -0.1) is 0 Å². The summed E-state index contributed by atoms with van der Waals surface area (Å²) in [6.07, 6.45) is 3.81. The van der Waals surface area contributed by atoms with Crippen molar-refractivity contribution >= 4 is 11.6 Å². The summed E-state index contributed by atoms with van der Waals surface area (Å²) in [6.45, 7) is 7.25. The molecule has 1 aliphatic heterocycles. The Kier molecular flexibility index (Phi) is 4.94. The lowest BCUT2D eigenvalue weighted by Gasteiger charge is -2.35. The summed E-state index contributed by atoms with van der Waals surface area (Å²) in [5.74, 6) is -0.201. The molecule has 1 aromatic carbocycles. The van der Waals surface area contributed by atoms with E-state index < -0.39 is 0 Å². The van der Waals surface area contributed by atoms with E-state index in [1.165, 1.54) is 11.3 Å². The molecule has 26 heavy (non-hydrogen) atoms. The van der Waals surface area contributed by atoms with E-state index >= 15 is 0 Å². The van der Waals surface area contributed by atoms with Crippen LogP contribution < -0.4 is 10.2 Å². The summed E-state index contributed by atoms with van der Waals surface area (Å²) in [6, 6.07) is 8.81. The Balaban J connectivity index is 2.10. The fraction of sp³-hybridized carbons (Fsp3) is 0.381. The van der Waals surface area contributed by atoms with Crippen molar-refractivity contribution in [1.82, 2.24) is 10.3 Å². The molecule has 0 radical (unpaired) electrons. The van der Waals surface area contributed by atoms with Crippen LogP contribution in [-0.2, 0) is 6.42 Å². The van der Waals surface area contributed by atoms with Gasteiger partial charge >= 0.3 is 0 Å². The quantitative estimate of drug-likeness (QED) is 0.922. The highest BCUT2D eigenvalue weighted by molar-refractivity contribution is 5.94. The third kappa shape index (κ3) is 3.15. The number of aromatic nitrogens is 1. The zero-order valence-electron chi connectivity index (χ0n) is 15.8. The molecule has 0 unspecified atom stereocenters. The predicted molar refractivity (Wildman–Crippen MR) is 103 cm³/mol. The Bertz CT molecular complexity index is 896. The smallest absolute Gasteiger partial charge is 0.269 e. The molecule has 0 atom stereocenters. The minimum absolute atomic E-state index is 0.201. The van der Waals surface area contributed by atoms with Gasteiger partial charge in [0.15, 0.2) is 0 Å². The molecule has 0 bridgehead atoms. The second kappa shape index (κ2) is 7.17. The molecule has 1 amide bonds. The van der Waals surface area contributed by atoms with Gasteiger partial charge in [0.25, 0.3) is 5.91 Å². The normalized spacial score (nSPS) is 13.3. The SMILES string of the molecule is CNC(=O)c1ncc(-c2cc3c(cc2C#N)N(C(C)C)CCC3)cc1C. The Labute approximate surface area is 154 Å². The van der Waals surface area contributed by atoms with E-state index in [1.807, 2.05) is 19.1 Å². The molecule has 0 spiro atoms. The summed E-state index contributed by atoms with van der Waals surface area (Å²) in [5.41, 5.74) is 6.05. The highest BCUT2D eigenvalue weighted by Gasteiger charge is 2.22. The van der Waals surface area contributed by atoms with E-state index in [-0.39, 0.29) is 5.91 Å². The van der Waals surface area contributed by atoms with Crippen LogP contribution in [0.4, 0.5) is 5.69 Å². The van der Waals surface area contributed by atoms with Gasteiger partial charge in [0.05, 0.1) is 11.6 Å². The van der Waals surface area contributed by atoms with E-state index in [9.17, 15) is 10.1 Å². The van der Waals surface area contributed by atoms with Crippen molar-refractivity contribution < 1.29 is 4.79 Å². The summed E-state index contributed by atoms with van der Waals surface area (Å²) in [4.78, 5) is 18.6. The number of nitrogens with one attached hydrogen (secondary N) is 1. The number of pyridine rings is 1. The van der Waals surface area contributed by atoms with Crippen LogP contribution in [0.5, 0.6) is 0 Å². The van der Waals surface area contributed by atoms with Gasteiger partial charge in [0.1, 0.15) is 5.69 Å². The lowest BCUT2D eigenvalue weighted by Crippen LogP contribution is -2.35. The van der Waals surface area contributed by atoms with E-state index in [2.05, 4.69) is 41.2 Å². The maximum atomic E-state index is 11.9. The van der Waals surface area contributed by atoms with Gasteiger partial charge < -0.3 is 10.2 Å². The van der Waals surface area contributed by atoms with Crippen LogP contribution in [0.25, 0.3) is 11.1 Å². The Morgan fingerprint density at radius 1 is 1.35 bits per heavy atom. The molecule has 2 heterocycles. The number of carbonyl (C=O) groups excluding carboxylic acids is 1. The first-order valence-electron chi connectivity index (χ1n) is 8.99. The summed E-state index contributed by atoms with van der Waals surface area (Å²) in [5, 5.41) is 12.3. The molecular weight excluding hydrogens is 324 g/mol. The zero-order valence-corrected chi connectivity index (χ0v) is 15.8. The molecular formula is C21H24N4O. The predicted octanol–water partition coefficient (Wildman–Crippen LogP) is 3.45. The van der Waals surface area contributed by atoms with Crippen molar-refractivity contribution in [2.75, 3.05) is 18.5 Å². The standard InChI is InChI=1S/C21H24N4O/c1-13(2)25-7-5-6-15-9-18(16(11-22)10-19(15)25)17-8-14(3)20(24-12-17)21(26)23-4/h8-10,12-13H,5-7H2,1-4H3,(H,23,26). The lowest BCUT2D eigenvalue weighted by molar-refractivity contribution is 0.0957. The molecule has 1 aromatic heterocycles. The highest BCUT2D eigenvalue weighted by Crippen LogP contribution is 2.35. The van der Waals surface area contributed by atoms with Crippen LogP contribution in [0, 0.1) is 18.3 Å². The molecule has 0 aliphatic carbocycles. The first-order valence-corrected chi connectivity index (χ1v) is 8.99.